The van der Waals surface area contributed by atoms with E-state index in [0.29, 0.717) is 11.1 Å². The summed E-state index contributed by atoms with van der Waals surface area (Å²) in [6.45, 7) is 0.631. The largest absolute Gasteiger partial charge is 0.369 e. The molecule has 5 heteroatoms. The molecule has 1 heterocycles. The van der Waals surface area contributed by atoms with Crippen LogP contribution in [0.5, 0.6) is 0 Å². The Hall–Kier alpha value is -2.40. The molecule has 0 aliphatic rings. The molecular weight excluding hydrogens is 354 g/mol. The average molecular weight is 370 g/mol. The summed E-state index contributed by atoms with van der Waals surface area (Å²) >= 11 is 3.47. The number of benzene rings is 2. The van der Waals surface area contributed by atoms with Crippen molar-refractivity contribution < 1.29 is 4.79 Å². The van der Waals surface area contributed by atoms with Gasteiger partial charge in [-0.15, -0.1) is 0 Å². The van der Waals surface area contributed by atoms with Gasteiger partial charge in [-0.1, -0.05) is 60.7 Å². The van der Waals surface area contributed by atoms with Crippen LogP contribution in [0.15, 0.2) is 65.3 Å². The quantitative estimate of drug-likeness (QED) is 0.749. The topological polar surface area (TPSA) is 60.9 Å². The van der Waals surface area contributed by atoms with E-state index in [4.69, 9.17) is 5.73 Å². The fourth-order valence-corrected chi connectivity index (χ4v) is 3.06. The Balaban J connectivity index is 2.10. The molecule has 0 saturated carbocycles. The van der Waals surface area contributed by atoms with Crippen molar-refractivity contribution in [3.05, 3.63) is 76.5 Å². The third-order valence-corrected chi connectivity index (χ3v) is 4.22. The Morgan fingerprint density at radius 3 is 2.26 bits per heavy atom. The highest BCUT2D eigenvalue weighted by atomic mass is 79.9. The molecule has 0 radical (unpaired) electrons. The molecule has 0 unspecified atom stereocenters. The number of primary amides is 1. The molecule has 2 N–H and O–H groups in total. The average Bonchev–Trinajstić information content (AvgIpc) is 2.85. The van der Waals surface area contributed by atoms with Gasteiger partial charge in [0.25, 0.3) is 0 Å². The molecule has 3 rings (SSSR count). The van der Waals surface area contributed by atoms with Gasteiger partial charge in [0.2, 0.25) is 5.91 Å². The monoisotopic (exact) mass is 369 g/mol. The van der Waals surface area contributed by atoms with E-state index in [1.165, 1.54) is 0 Å². The van der Waals surface area contributed by atoms with Crippen LogP contribution >= 0.6 is 15.9 Å². The molecule has 4 nitrogen and oxygen atoms in total. The smallest absolute Gasteiger partial charge is 0.223 e. The first kappa shape index (κ1) is 15.5. The van der Waals surface area contributed by atoms with Gasteiger partial charge in [0.15, 0.2) is 0 Å². The molecule has 2 aromatic carbocycles. The molecule has 0 bridgehead atoms. The summed E-state index contributed by atoms with van der Waals surface area (Å²) < 4.78 is 2.70. The van der Waals surface area contributed by atoms with Crippen LogP contribution in [-0.2, 0) is 17.8 Å². The normalized spacial score (nSPS) is 10.7. The fourth-order valence-electron chi connectivity index (χ4n) is 2.53. The maximum Gasteiger partial charge on any atom is 0.223 e. The molecule has 0 aliphatic heterocycles. The standard InChI is InChI=1S/C18H16BrN3O/c19-17-15(11-16(20)23)22(12-13-7-3-1-4-8-13)18(21-17)14-9-5-2-6-10-14/h1-10H,11-12H2,(H2,20,23). The summed E-state index contributed by atoms with van der Waals surface area (Å²) in [5.41, 5.74) is 8.33. The number of aromatic nitrogens is 2. The summed E-state index contributed by atoms with van der Waals surface area (Å²) in [7, 11) is 0. The molecule has 0 aliphatic carbocycles. The molecule has 0 fully saturated rings. The zero-order valence-electron chi connectivity index (χ0n) is 12.4. The van der Waals surface area contributed by atoms with Gasteiger partial charge >= 0.3 is 0 Å². The zero-order valence-corrected chi connectivity index (χ0v) is 14.0. The Kier molecular flexibility index (Phi) is 4.57. The van der Waals surface area contributed by atoms with Crippen molar-refractivity contribution in [2.75, 3.05) is 0 Å². The van der Waals surface area contributed by atoms with Gasteiger partial charge in [0, 0.05) is 12.1 Å². The van der Waals surface area contributed by atoms with Gasteiger partial charge in [0.1, 0.15) is 10.4 Å². The van der Waals surface area contributed by atoms with Crippen molar-refractivity contribution in [2.45, 2.75) is 13.0 Å². The first-order valence-electron chi connectivity index (χ1n) is 7.27. The van der Waals surface area contributed by atoms with E-state index in [-0.39, 0.29) is 12.3 Å². The van der Waals surface area contributed by atoms with Crippen LogP contribution in [0, 0.1) is 0 Å². The summed E-state index contributed by atoms with van der Waals surface area (Å²) in [5.74, 6) is 0.442. The van der Waals surface area contributed by atoms with Gasteiger partial charge in [-0.05, 0) is 21.5 Å². The predicted octanol–water partition coefficient (Wildman–Crippen LogP) is 3.39. The maximum absolute atomic E-state index is 11.4. The minimum absolute atomic E-state index is 0.146. The van der Waals surface area contributed by atoms with E-state index in [0.717, 1.165) is 22.6 Å². The molecule has 116 valence electrons. The number of nitrogens with two attached hydrogens (primary N) is 1. The number of imidazole rings is 1. The summed E-state index contributed by atoms with van der Waals surface area (Å²) in [6.07, 6.45) is 0.146. The lowest BCUT2D eigenvalue weighted by atomic mass is 10.2. The van der Waals surface area contributed by atoms with Gasteiger partial charge < -0.3 is 10.3 Å². The Morgan fingerprint density at radius 1 is 1.04 bits per heavy atom. The Morgan fingerprint density at radius 2 is 1.65 bits per heavy atom. The van der Waals surface area contributed by atoms with Crippen LogP contribution in [0.2, 0.25) is 0 Å². The molecule has 0 saturated heterocycles. The Labute approximate surface area is 143 Å². The Bertz CT molecular complexity index is 813. The van der Waals surface area contributed by atoms with Crippen molar-refractivity contribution in [1.82, 2.24) is 9.55 Å². The summed E-state index contributed by atoms with van der Waals surface area (Å²) in [5, 5.41) is 0. The fraction of sp³-hybridized carbons (Fsp3) is 0.111. The molecular formula is C18H16BrN3O. The van der Waals surface area contributed by atoms with Crippen LogP contribution in [0.4, 0.5) is 0 Å². The second kappa shape index (κ2) is 6.79. The number of carbonyl (C=O) groups is 1. The second-order valence-corrected chi connectivity index (χ2v) is 6.00. The number of amides is 1. The van der Waals surface area contributed by atoms with Crippen molar-refractivity contribution in [3.8, 4) is 11.4 Å². The van der Waals surface area contributed by atoms with E-state index in [9.17, 15) is 4.79 Å². The van der Waals surface area contributed by atoms with E-state index in [1.54, 1.807) is 0 Å². The van der Waals surface area contributed by atoms with Gasteiger partial charge in [-0.3, -0.25) is 4.79 Å². The van der Waals surface area contributed by atoms with Crippen molar-refractivity contribution >= 4 is 21.8 Å². The lowest BCUT2D eigenvalue weighted by molar-refractivity contribution is -0.117. The summed E-state index contributed by atoms with van der Waals surface area (Å²) in [4.78, 5) is 16.0. The van der Waals surface area contributed by atoms with Gasteiger partial charge in [-0.25, -0.2) is 4.98 Å². The number of carbonyl (C=O) groups excluding carboxylic acids is 1. The van der Waals surface area contributed by atoms with Crippen LogP contribution in [0.25, 0.3) is 11.4 Å². The van der Waals surface area contributed by atoms with Crippen LogP contribution in [0.1, 0.15) is 11.3 Å². The maximum atomic E-state index is 11.4. The lowest BCUT2D eigenvalue weighted by Crippen LogP contribution is -2.17. The molecule has 0 atom stereocenters. The van der Waals surface area contributed by atoms with E-state index >= 15 is 0 Å². The lowest BCUT2D eigenvalue weighted by Gasteiger charge is -2.12. The van der Waals surface area contributed by atoms with Gasteiger partial charge in [-0.2, -0.15) is 0 Å². The number of hydrogen-bond acceptors (Lipinski definition) is 2. The molecule has 1 amide bonds. The van der Waals surface area contributed by atoms with Crippen molar-refractivity contribution in [1.29, 1.82) is 0 Å². The zero-order chi connectivity index (χ0) is 16.2. The highest BCUT2D eigenvalue weighted by Gasteiger charge is 2.18. The van der Waals surface area contributed by atoms with E-state index in [1.807, 2.05) is 53.1 Å². The first-order chi connectivity index (χ1) is 11.1. The molecule has 1 aromatic heterocycles. The molecule has 3 aromatic rings. The molecule has 23 heavy (non-hydrogen) atoms. The van der Waals surface area contributed by atoms with Crippen LogP contribution in [-0.4, -0.2) is 15.5 Å². The number of rotatable bonds is 5. The molecule has 0 spiro atoms. The SMILES string of the molecule is NC(=O)Cc1c(Br)nc(-c2ccccc2)n1Cc1ccccc1. The third kappa shape index (κ3) is 3.51. The first-order valence-corrected chi connectivity index (χ1v) is 8.07. The van der Waals surface area contributed by atoms with Crippen molar-refractivity contribution in [3.63, 3.8) is 0 Å². The predicted molar refractivity (Wildman–Crippen MR) is 93.8 cm³/mol. The highest BCUT2D eigenvalue weighted by molar-refractivity contribution is 9.10. The third-order valence-electron chi connectivity index (χ3n) is 3.58. The highest BCUT2D eigenvalue weighted by Crippen LogP contribution is 2.27. The van der Waals surface area contributed by atoms with E-state index in [2.05, 4.69) is 33.0 Å². The van der Waals surface area contributed by atoms with Crippen LogP contribution in [0.3, 0.4) is 0 Å². The van der Waals surface area contributed by atoms with Crippen molar-refractivity contribution in [2.24, 2.45) is 5.73 Å². The van der Waals surface area contributed by atoms with Crippen LogP contribution < -0.4 is 5.73 Å². The summed E-state index contributed by atoms with van der Waals surface area (Å²) in [6, 6.07) is 20.0. The number of hydrogen-bond donors (Lipinski definition) is 1. The minimum atomic E-state index is -0.375. The second-order valence-electron chi connectivity index (χ2n) is 5.25. The van der Waals surface area contributed by atoms with Gasteiger partial charge in [0.05, 0.1) is 12.1 Å². The van der Waals surface area contributed by atoms with E-state index < -0.39 is 0 Å². The number of nitrogens with zero attached hydrogens (tertiary/aromatic N) is 2. The minimum Gasteiger partial charge on any atom is -0.369 e. The number of halogens is 1.